The summed E-state index contributed by atoms with van der Waals surface area (Å²) in [4.78, 5) is 0. The number of benzene rings is 1. The number of nitrogens with two attached hydrogens (primary N) is 1. The molecule has 0 aliphatic rings. The van der Waals surface area contributed by atoms with Crippen LogP contribution in [-0.4, -0.2) is 6.54 Å². The molecule has 0 aromatic heterocycles. The second kappa shape index (κ2) is 7.34. The van der Waals surface area contributed by atoms with E-state index in [1.165, 1.54) is 18.4 Å². The third-order valence-corrected chi connectivity index (χ3v) is 2.18. The molecule has 0 saturated carbocycles. The molecule has 1 aromatic rings. The van der Waals surface area contributed by atoms with Crippen molar-refractivity contribution in [3.8, 4) is 0 Å². The van der Waals surface area contributed by atoms with Crippen molar-refractivity contribution in [1.82, 2.24) is 0 Å². The molecular formula is C13H19N. The van der Waals surface area contributed by atoms with Crippen LogP contribution < -0.4 is 5.73 Å². The molecule has 0 unspecified atom stereocenters. The van der Waals surface area contributed by atoms with Crippen LogP contribution in [0, 0.1) is 0 Å². The van der Waals surface area contributed by atoms with Crippen molar-refractivity contribution in [1.29, 1.82) is 0 Å². The largest absolute Gasteiger partial charge is 0.330 e. The zero-order valence-corrected chi connectivity index (χ0v) is 8.65. The Morgan fingerprint density at radius 3 is 2.43 bits per heavy atom. The van der Waals surface area contributed by atoms with Crippen LogP contribution in [0.1, 0.15) is 24.8 Å². The fourth-order valence-corrected chi connectivity index (χ4v) is 1.40. The zero-order chi connectivity index (χ0) is 10.1. The molecule has 0 atom stereocenters. The molecule has 0 aliphatic carbocycles. The highest BCUT2D eigenvalue weighted by atomic mass is 14.5. The average Bonchev–Trinajstić information content (AvgIpc) is 2.25. The molecule has 1 heteroatoms. The van der Waals surface area contributed by atoms with Crippen LogP contribution in [0.2, 0.25) is 0 Å². The lowest BCUT2D eigenvalue weighted by Gasteiger charge is -1.97. The van der Waals surface area contributed by atoms with Gasteiger partial charge in [0.2, 0.25) is 0 Å². The second-order valence-electron chi connectivity index (χ2n) is 3.43. The molecule has 0 heterocycles. The topological polar surface area (TPSA) is 26.0 Å². The SMILES string of the molecule is NCCC=CCCCc1ccccc1. The van der Waals surface area contributed by atoms with E-state index >= 15 is 0 Å². The van der Waals surface area contributed by atoms with Gasteiger partial charge < -0.3 is 5.73 Å². The minimum Gasteiger partial charge on any atom is -0.330 e. The lowest BCUT2D eigenvalue weighted by atomic mass is 10.1. The Morgan fingerprint density at radius 2 is 1.71 bits per heavy atom. The molecule has 1 rings (SSSR count). The van der Waals surface area contributed by atoms with Gasteiger partial charge >= 0.3 is 0 Å². The van der Waals surface area contributed by atoms with E-state index in [-0.39, 0.29) is 0 Å². The summed E-state index contributed by atoms with van der Waals surface area (Å²) in [6, 6.07) is 10.6. The Labute approximate surface area is 86.6 Å². The molecule has 0 radical (unpaired) electrons. The van der Waals surface area contributed by atoms with Crippen molar-refractivity contribution in [3.63, 3.8) is 0 Å². The van der Waals surface area contributed by atoms with Gasteiger partial charge in [-0.05, 0) is 37.8 Å². The van der Waals surface area contributed by atoms with Crippen molar-refractivity contribution < 1.29 is 0 Å². The van der Waals surface area contributed by atoms with Crippen LogP contribution in [0.4, 0.5) is 0 Å². The summed E-state index contributed by atoms with van der Waals surface area (Å²) in [7, 11) is 0. The predicted octanol–water partition coefficient (Wildman–Crippen LogP) is 2.91. The molecule has 14 heavy (non-hydrogen) atoms. The molecule has 2 N–H and O–H groups in total. The summed E-state index contributed by atoms with van der Waals surface area (Å²) in [5.74, 6) is 0. The molecule has 76 valence electrons. The average molecular weight is 189 g/mol. The highest BCUT2D eigenvalue weighted by molar-refractivity contribution is 5.14. The molecular weight excluding hydrogens is 170 g/mol. The van der Waals surface area contributed by atoms with Gasteiger partial charge in [0.05, 0.1) is 0 Å². The van der Waals surface area contributed by atoms with E-state index in [0.29, 0.717) is 0 Å². The molecule has 0 saturated heterocycles. The van der Waals surface area contributed by atoms with Crippen molar-refractivity contribution in [2.75, 3.05) is 6.54 Å². The zero-order valence-electron chi connectivity index (χ0n) is 8.65. The summed E-state index contributed by atoms with van der Waals surface area (Å²) in [5, 5.41) is 0. The molecule has 1 nitrogen and oxygen atoms in total. The number of allylic oxidation sites excluding steroid dienone is 1. The van der Waals surface area contributed by atoms with Gasteiger partial charge in [-0.25, -0.2) is 0 Å². The van der Waals surface area contributed by atoms with E-state index < -0.39 is 0 Å². The Morgan fingerprint density at radius 1 is 1.00 bits per heavy atom. The van der Waals surface area contributed by atoms with Crippen LogP contribution in [0.15, 0.2) is 42.5 Å². The van der Waals surface area contributed by atoms with Gasteiger partial charge in [-0.1, -0.05) is 42.5 Å². The summed E-state index contributed by atoms with van der Waals surface area (Å²) >= 11 is 0. The van der Waals surface area contributed by atoms with Gasteiger partial charge in [0.25, 0.3) is 0 Å². The standard InChI is InChI=1S/C13H19N/c14-12-8-3-1-2-5-9-13-10-6-4-7-11-13/h1,3-4,6-7,10-11H,2,5,8-9,12,14H2. The van der Waals surface area contributed by atoms with E-state index in [1.54, 1.807) is 0 Å². The fourth-order valence-electron chi connectivity index (χ4n) is 1.40. The van der Waals surface area contributed by atoms with Crippen LogP contribution in [-0.2, 0) is 6.42 Å². The molecule has 0 fully saturated rings. The van der Waals surface area contributed by atoms with Crippen molar-refractivity contribution in [3.05, 3.63) is 48.0 Å². The lowest BCUT2D eigenvalue weighted by molar-refractivity contribution is 0.838. The van der Waals surface area contributed by atoms with Crippen molar-refractivity contribution >= 4 is 0 Å². The molecule has 0 amide bonds. The smallest absolute Gasteiger partial charge is 0.00426 e. The van der Waals surface area contributed by atoms with Crippen LogP contribution >= 0.6 is 0 Å². The highest BCUT2D eigenvalue weighted by Crippen LogP contribution is 2.04. The quantitative estimate of drug-likeness (QED) is 0.540. The monoisotopic (exact) mass is 189 g/mol. The van der Waals surface area contributed by atoms with Crippen LogP contribution in [0.25, 0.3) is 0 Å². The van der Waals surface area contributed by atoms with E-state index in [0.717, 1.165) is 19.4 Å². The van der Waals surface area contributed by atoms with Gasteiger partial charge in [-0.2, -0.15) is 0 Å². The first-order valence-corrected chi connectivity index (χ1v) is 5.32. The molecule has 0 aliphatic heterocycles. The molecule has 1 aromatic carbocycles. The van der Waals surface area contributed by atoms with Crippen LogP contribution in [0.3, 0.4) is 0 Å². The maximum absolute atomic E-state index is 5.38. The molecule has 0 bridgehead atoms. The first-order valence-electron chi connectivity index (χ1n) is 5.32. The summed E-state index contributed by atoms with van der Waals surface area (Å²) < 4.78 is 0. The lowest BCUT2D eigenvalue weighted by Crippen LogP contribution is -1.95. The Bertz CT molecular complexity index is 251. The number of hydrogen-bond donors (Lipinski definition) is 1. The Hall–Kier alpha value is -1.08. The predicted molar refractivity (Wildman–Crippen MR) is 62.2 cm³/mol. The maximum atomic E-state index is 5.38. The van der Waals surface area contributed by atoms with Gasteiger partial charge in [0, 0.05) is 0 Å². The summed E-state index contributed by atoms with van der Waals surface area (Å²) in [5.41, 5.74) is 6.81. The first kappa shape index (κ1) is 11.0. The first-order chi connectivity index (χ1) is 6.93. The fraction of sp³-hybridized carbons (Fsp3) is 0.385. The second-order valence-corrected chi connectivity index (χ2v) is 3.43. The highest BCUT2D eigenvalue weighted by Gasteiger charge is 1.89. The minimum atomic E-state index is 0.759. The van der Waals surface area contributed by atoms with Crippen molar-refractivity contribution in [2.45, 2.75) is 25.7 Å². The maximum Gasteiger partial charge on any atom is -0.00426 e. The van der Waals surface area contributed by atoms with Crippen LogP contribution in [0.5, 0.6) is 0 Å². The van der Waals surface area contributed by atoms with Gasteiger partial charge in [-0.3, -0.25) is 0 Å². The third-order valence-electron chi connectivity index (χ3n) is 2.18. The number of rotatable bonds is 6. The van der Waals surface area contributed by atoms with E-state index in [1.807, 2.05) is 0 Å². The normalized spacial score (nSPS) is 10.9. The summed E-state index contributed by atoms with van der Waals surface area (Å²) in [6.45, 7) is 0.759. The number of hydrogen-bond acceptors (Lipinski definition) is 1. The Kier molecular flexibility index (Phi) is 5.76. The van der Waals surface area contributed by atoms with Gasteiger partial charge in [0.15, 0.2) is 0 Å². The Balaban J connectivity index is 2.10. The minimum absolute atomic E-state index is 0.759. The molecule has 0 spiro atoms. The number of aryl methyl sites for hydroxylation is 1. The van der Waals surface area contributed by atoms with E-state index in [4.69, 9.17) is 5.73 Å². The van der Waals surface area contributed by atoms with Gasteiger partial charge in [-0.15, -0.1) is 0 Å². The van der Waals surface area contributed by atoms with Gasteiger partial charge in [0.1, 0.15) is 0 Å². The summed E-state index contributed by atoms with van der Waals surface area (Å²) in [6.07, 6.45) is 8.97. The number of unbranched alkanes of at least 4 members (excludes halogenated alkanes) is 1. The van der Waals surface area contributed by atoms with E-state index in [9.17, 15) is 0 Å². The van der Waals surface area contributed by atoms with E-state index in [2.05, 4.69) is 42.5 Å². The third kappa shape index (κ3) is 4.83. The van der Waals surface area contributed by atoms with Crippen molar-refractivity contribution in [2.24, 2.45) is 5.73 Å².